The fourth-order valence-corrected chi connectivity index (χ4v) is 3.18. The molecular weight excluding hydrogens is 282 g/mol. The first-order valence-corrected chi connectivity index (χ1v) is 7.88. The number of rotatable bonds is 3. The highest BCUT2D eigenvalue weighted by molar-refractivity contribution is 5.76. The number of nitrogens with zero attached hydrogens (tertiary/aromatic N) is 3. The predicted octanol–water partition coefficient (Wildman–Crippen LogP) is 3.55. The van der Waals surface area contributed by atoms with Crippen LogP contribution in [0.3, 0.4) is 0 Å². The molecule has 2 aromatic carbocycles. The van der Waals surface area contributed by atoms with Crippen LogP contribution in [-0.4, -0.2) is 18.7 Å². The van der Waals surface area contributed by atoms with Gasteiger partial charge in [-0.1, -0.05) is 18.2 Å². The van der Waals surface area contributed by atoms with Gasteiger partial charge in [0.05, 0.1) is 14.1 Å². The second-order valence-corrected chi connectivity index (χ2v) is 6.24. The molecule has 3 aromatic rings. The molecule has 0 atom stereocenters. The van der Waals surface area contributed by atoms with E-state index in [1.165, 1.54) is 33.7 Å². The average molecular weight is 306 g/mol. The van der Waals surface area contributed by atoms with Crippen LogP contribution in [0.15, 0.2) is 42.5 Å². The van der Waals surface area contributed by atoms with E-state index in [4.69, 9.17) is 0 Å². The summed E-state index contributed by atoms with van der Waals surface area (Å²) in [5.74, 6) is 1.18. The van der Waals surface area contributed by atoms with Crippen molar-refractivity contribution < 1.29 is 4.57 Å². The molecule has 118 valence electrons. The third kappa shape index (κ3) is 2.74. The van der Waals surface area contributed by atoms with Gasteiger partial charge in [0.1, 0.15) is 0 Å². The van der Waals surface area contributed by atoms with Gasteiger partial charge in [-0.2, -0.15) is 0 Å². The van der Waals surface area contributed by atoms with E-state index < -0.39 is 0 Å². The van der Waals surface area contributed by atoms with E-state index >= 15 is 0 Å². The lowest BCUT2D eigenvalue weighted by atomic mass is 10.1. The molecule has 0 saturated heterocycles. The van der Waals surface area contributed by atoms with Crippen molar-refractivity contribution >= 4 is 28.9 Å². The van der Waals surface area contributed by atoms with E-state index in [0.29, 0.717) is 0 Å². The molecule has 0 aliphatic rings. The topological polar surface area (TPSA) is 12.0 Å². The van der Waals surface area contributed by atoms with Gasteiger partial charge >= 0.3 is 0 Å². The Balaban J connectivity index is 1.99. The number of para-hydroxylation sites is 2. The molecule has 0 aliphatic carbocycles. The van der Waals surface area contributed by atoms with Crippen molar-refractivity contribution in [1.29, 1.82) is 0 Å². The Bertz CT molecular complexity index is 846. The summed E-state index contributed by atoms with van der Waals surface area (Å²) in [7, 11) is 8.38. The fraction of sp³-hybridized carbons (Fsp3) is 0.250. The lowest BCUT2D eigenvalue weighted by molar-refractivity contribution is -0.647. The molecule has 0 bridgehead atoms. The van der Waals surface area contributed by atoms with Gasteiger partial charge in [0.2, 0.25) is 0 Å². The minimum atomic E-state index is 1.18. The van der Waals surface area contributed by atoms with Gasteiger partial charge in [-0.3, -0.25) is 0 Å². The van der Waals surface area contributed by atoms with Crippen molar-refractivity contribution in [2.45, 2.75) is 6.92 Å². The zero-order valence-electron chi connectivity index (χ0n) is 14.5. The highest BCUT2D eigenvalue weighted by atomic mass is 15.1. The predicted molar refractivity (Wildman–Crippen MR) is 98.5 cm³/mol. The van der Waals surface area contributed by atoms with Crippen LogP contribution in [0, 0.1) is 6.92 Å². The van der Waals surface area contributed by atoms with Crippen LogP contribution in [0.5, 0.6) is 0 Å². The Labute approximate surface area is 138 Å². The Morgan fingerprint density at radius 3 is 2.43 bits per heavy atom. The van der Waals surface area contributed by atoms with E-state index in [2.05, 4.69) is 104 Å². The molecular formula is C20H24N3+. The SMILES string of the molecule is Cc1cc(C=Cc2n(C)c3ccccc3[n+]2C)ccc1N(C)C. The molecule has 0 saturated carbocycles. The minimum Gasteiger partial charge on any atom is -0.377 e. The molecule has 23 heavy (non-hydrogen) atoms. The number of benzene rings is 2. The summed E-state index contributed by atoms with van der Waals surface area (Å²) in [5, 5.41) is 0. The summed E-state index contributed by atoms with van der Waals surface area (Å²) < 4.78 is 4.46. The fourth-order valence-electron chi connectivity index (χ4n) is 3.18. The maximum absolute atomic E-state index is 2.23. The van der Waals surface area contributed by atoms with Crippen LogP contribution in [0.1, 0.15) is 17.0 Å². The van der Waals surface area contributed by atoms with Gasteiger partial charge in [-0.05, 0) is 48.4 Å². The molecule has 0 radical (unpaired) electrons. The summed E-state index contributed by atoms with van der Waals surface area (Å²) >= 11 is 0. The molecule has 1 heterocycles. The Hall–Kier alpha value is -2.55. The van der Waals surface area contributed by atoms with Gasteiger partial charge in [-0.25, -0.2) is 9.13 Å². The first-order valence-electron chi connectivity index (χ1n) is 7.88. The lowest BCUT2D eigenvalue weighted by Crippen LogP contribution is -2.30. The number of aromatic nitrogens is 2. The van der Waals surface area contributed by atoms with Gasteiger partial charge in [-0.15, -0.1) is 0 Å². The van der Waals surface area contributed by atoms with E-state index in [1.54, 1.807) is 0 Å². The summed E-state index contributed by atoms with van der Waals surface area (Å²) in [6, 6.07) is 15.1. The van der Waals surface area contributed by atoms with Crippen LogP contribution < -0.4 is 9.47 Å². The smallest absolute Gasteiger partial charge is 0.281 e. The van der Waals surface area contributed by atoms with E-state index in [1.807, 2.05) is 0 Å². The molecule has 0 aliphatic heterocycles. The van der Waals surface area contributed by atoms with E-state index in [9.17, 15) is 0 Å². The number of hydrogen-bond acceptors (Lipinski definition) is 1. The average Bonchev–Trinajstić information content (AvgIpc) is 2.77. The Morgan fingerprint density at radius 2 is 1.78 bits per heavy atom. The van der Waals surface area contributed by atoms with Crippen molar-refractivity contribution in [2.75, 3.05) is 19.0 Å². The van der Waals surface area contributed by atoms with Gasteiger partial charge in [0, 0.05) is 25.9 Å². The largest absolute Gasteiger partial charge is 0.377 e. The first kappa shape index (κ1) is 15.3. The third-order valence-corrected chi connectivity index (χ3v) is 4.42. The van der Waals surface area contributed by atoms with Crippen LogP contribution in [-0.2, 0) is 14.1 Å². The molecule has 3 rings (SSSR count). The Morgan fingerprint density at radius 1 is 1.04 bits per heavy atom. The highest BCUT2D eigenvalue weighted by Crippen LogP contribution is 2.20. The molecule has 0 spiro atoms. The maximum Gasteiger partial charge on any atom is 0.281 e. The van der Waals surface area contributed by atoms with Crippen LogP contribution >= 0.6 is 0 Å². The summed E-state index contributed by atoms with van der Waals surface area (Å²) in [5.41, 5.74) is 6.26. The zero-order valence-corrected chi connectivity index (χ0v) is 14.5. The van der Waals surface area contributed by atoms with Crippen molar-refractivity contribution in [1.82, 2.24) is 4.57 Å². The molecule has 0 N–H and O–H groups in total. The molecule has 0 fully saturated rings. The number of aryl methyl sites for hydroxylation is 3. The maximum atomic E-state index is 2.23. The van der Waals surface area contributed by atoms with E-state index in [0.717, 1.165) is 0 Å². The monoisotopic (exact) mass is 306 g/mol. The van der Waals surface area contributed by atoms with Crippen LogP contribution in [0.25, 0.3) is 23.2 Å². The molecule has 3 nitrogen and oxygen atoms in total. The zero-order chi connectivity index (χ0) is 16.6. The third-order valence-electron chi connectivity index (χ3n) is 4.42. The highest BCUT2D eigenvalue weighted by Gasteiger charge is 2.16. The van der Waals surface area contributed by atoms with Crippen LogP contribution in [0.2, 0.25) is 0 Å². The second-order valence-electron chi connectivity index (χ2n) is 6.24. The van der Waals surface area contributed by atoms with Gasteiger partial charge in [0.25, 0.3) is 5.82 Å². The van der Waals surface area contributed by atoms with Crippen LogP contribution in [0.4, 0.5) is 5.69 Å². The molecule has 0 unspecified atom stereocenters. The number of imidazole rings is 1. The normalized spacial score (nSPS) is 11.5. The summed E-state index contributed by atoms with van der Waals surface area (Å²) in [4.78, 5) is 2.15. The van der Waals surface area contributed by atoms with Crippen molar-refractivity contribution in [3.63, 3.8) is 0 Å². The van der Waals surface area contributed by atoms with Crippen molar-refractivity contribution in [2.24, 2.45) is 14.1 Å². The van der Waals surface area contributed by atoms with Gasteiger partial charge in [0.15, 0.2) is 11.0 Å². The van der Waals surface area contributed by atoms with Crippen molar-refractivity contribution in [3.8, 4) is 0 Å². The minimum absolute atomic E-state index is 1.18. The molecule has 0 amide bonds. The number of fused-ring (bicyclic) bond motifs is 1. The van der Waals surface area contributed by atoms with E-state index in [-0.39, 0.29) is 0 Å². The number of anilines is 1. The van der Waals surface area contributed by atoms with Gasteiger partial charge < -0.3 is 4.90 Å². The second kappa shape index (κ2) is 5.92. The first-order chi connectivity index (χ1) is 11.0. The van der Waals surface area contributed by atoms with Crippen molar-refractivity contribution in [3.05, 3.63) is 59.4 Å². The number of hydrogen-bond donors (Lipinski definition) is 0. The lowest BCUT2D eigenvalue weighted by Gasteiger charge is -2.15. The Kier molecular flexibility index (Phi) is 3.95. The molecule has 1 aromatic heterocycles. The summed E-state index contributed by atoms with van der Waals surface area (Å²) in [6.45, 7) is 2.16. The summed E-state index contributed by atoms with van der Waals surface area (Å²) in [6.07, 6.45) is 4.37. The quantitative estimate of drug-likeness (QED) is 0.674. The molecule has 3 heteroatoms. The standard InChI is InChI=1S/C20H24N3/c1-15-14-16(10-12-17(15)21(2)3)11-13-20-22(4)18-8-6-7-9-19(18)23(20)5/h6-14H,1-5H3/q+1.